The highest BCUT2D eigenvalue weighted by Gasteiger charge is 2.18. The number of hydrogen-bond donors (Lipinski definition) is 1. The third-order valence-electron chi connectivity index (χ3n) is 4.56. The number of anilines is 1. The maximum absolute atomic E-state index is 13.7. The van der Waals surface area contributed by atoms with E-state index < -0.39 is 23.0 Å². The number of hydrogen-bond acceptors (Lipinski definition) is 4. The summed E-state index contributed by atoms with van der Waals surface area (Å²) in [5, 5.41) is 4.83. The van der Waals surface area contributed by atoms with Crippen LogP contribution >= 0.6 is 22.9 Å². The molecule has 0 radical (unpaired) electrons. The monoisotopic (exact) mass is 443 g/mol. The van der Waals surface area contributed by atoms with E-state index >= 15 is 0 Å². The Kier molecular flexibility index (Phi) is 5.27. The van der Waals surface area contributed by atoms with Gasteiger partial charge in [0.1, 0.15) is 17.1 Å². The molecule has 30 heavy (non-hydrogen) atoms. The van der Waals surface area contributed by atoms with Gasteiger partial charge >= 0.3 is 5.69 Å². The average molecular weight is 444 g/mol. The molecule has 152 valence electrons. The number of amides is 1. The number of benzene rings is 2. The molecule has 0 aliphatic rings. The zero-order valence-electron chi connectivity index (χ0n) is 15.7. The third kappa shape index (κ3) is 3.67. The maximum atomic E-state index is 13.7. The van der Waals surface area contributed by atoms with E-state index in [1.807, 2.05) is 0 Å². The Hall–Kier alpha value is -3.23. The average Bonchev–Trinajstić information content (AvgIpc) is 3.18. The topological polar surface area (TPSA) is 73.1 Å². The molecule has 0 saturated carbocycles. The summed E-state index contributed by atoms with van der Waals surface area (Å²) in [6, 6.07) is 12.2. The Morgan fingerprint density at radius 1 is 1.17 bits per heavy atom. The van der Waals surface area contributed by atoms with Gasteiger partial charge in [-0.1, -0.05) is 17.7 Å². The number of carbonyl (C=O) groups is 1. The Morgan fingerprint density at radius 2 is 1.97 bits per heavy atom. The van der Waals surface area contributed by atoms with Gasteiger partial charge in [0.15, 0.2) is 0 Å². The normalized spacial score (nSPS) is 11.0. The van der Waals surface area contributed by atoms with Gasteiger partial charge in [-0.25, -0.2) is 13.8 Å². The molecule has 2 aromatic heterocycles. The molecule has 0 aliphatic heterocycles. The summed E-state index contributed by atoms with van der Waals surface area (Å²) in [7, 11) is 0. The molecule has 9 heteroatoms. The summed E-state index contributed by atoms with van der Waals surface area (Å²) in [5.74, 6) is -0.891. The van der Waals surface area contributed by atoms with Gasteiger partial charge in [-0.2, -0.15) is 0 Å². The van der Waals surface area contributed by atoms with Gasteiger partial charge in [0.25, 0.3) is 5.56 Å². The number of fused-ring (bicyclic) bond motifs is 1. The molecule has 4 rings (SSSR count). The Labute approximate surface area is 178 Å². The molecular formula is C21H15ClFN3O3S. The highest BCUT2D eigenvalue weighted by Crippen LogP contribution is 2.18. The van der Waals surface area contributed by atoms with E-state index in [-0.39, 0.29) is 12.2 Å². The van der Waals surface area contributed by atoms with Crippen molar-refractivity contribution in [3.8, 4) is 5.69 Å². The van der Waals surface area contributed by atoms with Crippen LogP contribution in [0, 0.1) is 12.7 Å². The molecular weight excluding hydrogens is 429 g/mol. The van der Waals surface area contributed by atoms with E-state index in [9.17, 15) is 18.8 Å². The van der Waals surface area contributed by atoms with Crippen molar-refractivity contribution in [2.75, 3.05) is 5.32 Å². The van der Waals surface area contributed by atoms with Gasteiger partial charge in [0.2, 0.25) is 5.91 Å². The van der Waals surface area contributed by atoms with Crippen molar-refractivity contribution in [2.45, 2.75) is 13.5 Å². The minimum atomic E-state index is -0.682. The second-order valence-electron chi connectivity index (χ2n) is 6.64. The molecule has 0 spiro atoms. The van der Waals surface area contributed by atoms with Crippen LogP contribution in [0.2, 0.25) is 5.02 Å². The predicted octanol–water partition coefficient (Wildman–Crippen LogP) is 3.95. The minimum Gasteiger partial charge on any atom is -0.324 e. The van der Waals surface area contributed by atoms with E-state index in [4.69, 9.17) is 11.6 Å². The first-order valence-corrected chi connectivity index (χ1v) is 10.2. The standard InChI is InChI=1S/C21H15ClFN3O3S/c1-12-9-15(5-6-16(12)23)26-20(28)19-17(7-8-30-19)25(21(26)29)11-18(27)24-14-4-2-3-13(22)10-14/h2-10H,11H2,1H3,(H,24,27). The van der Waals surface area contributed by atoms with Gasteiger partial charge in [0.05, 0.1) is 11.2 Å². The zero-order chi connectivity index (χ0) is 21.4. The number of nitrogens with one attached hydrogen (secondary N) is 1. The fraction of sp³-hybridized carbons (Fsp3) is 0.0952. The van der Waals surface area contributed by atoms with E-state index in [0.717, 1.165) is 4.57 Å². The summed E-state index contributed by atoms with van der Waals surface area (Å²) < 4.78 is 16.2. The molecule has 0 bridgehead atoms. The van der Waals surface area contributed by atoms with Crippen molar-refractivity contribution >= 4 is 44.7 Å². The zero-order valence-corrected chi connectivity index (χ0v) is 17.3. The molecule has 6 nitrogen and oxygen atoms in total. The lowest BCUT2D eigenvalue weighted by Gasteiger charge is -2.13. The molecule has 0 unspecified atom stereocenters. The van der Waals surface area contributed by atoms with Crippen LogP contribution in [0.4, 0.5) is 10.1 Å². The molecule has 4 aromatic rings. The van der Waals surface area contributed by atoms with E-state index in [0.29, 0.717) is 26.5 Å². The van der Waals surface area contributed by atoms with Crippen LogP contribution in [-0.4, -0.2) is 15.0 Å². The lowest BCUT2D eigenvalue weighted by molar-refractivity contribution is -0.116. The van der Waals surface area contributed by atoms with Crippen molar-refractivity contribution in [1.29, 1.82) is 0 Å². The third-order valence-corrected chi connectivity index (χ3v) is 5.69. The van der Waals surface area contributed by atoms with Crippen LogP contribution in [0.3, 0.4) is 0 Å². The highest BCUT2D eigenvalue weighted by molar-refractivity contribution is 7.17. The molecule has 2 aromatic carbocycles. The summed E-state index contributed by atoms with van der Waals surface area (Å²) in [4.78, 5) is 38.7. The fourth-order valence-electron chi connectivity index (χ4n) is 3.15. The van der Waals surface area contributed by atoms with Crippen LogP contribution in [0.5, 0.6) is 0 Å². The molecule has 1 N–H and O–H groups in total. The summed E-state index contributed by atoms with van der Waals surface area (Å²) in [6.45, 7) is 1.24. The van der Waals surface area contributed by atoms with E-state index in [1.165, 1.54) is 34.1 Å². The SMILES string of the molecule is Cc1cc(-n2c(=O)c3sccc3n(CC(=O)Nc3cccc(Cl)c3)c2=O)ccc1F. The lowest BCUT2D eigenvalue weighted by Crippen LogP contribution is -2.40. The van der Waals surface area contributed by atoms with Gasteiger partial charge in [-0.15, -0.1) is 11.3 Å². The Bertz CT molecular complexity index is 1410. The largest absolute Gasteiger partial charge is 0.336 e. The van der Waals surface area contributed by atoms with Gasteiger partial charge in [-0.05, 0) is 60.3 Å². The van der Waals surface area contributed by atoms with Crippen LogP contribution in [0.25, 0.3) is 15.9 Å². The number of aryl methyl sites for hydroxylation is 1. The smallest absolute Gasteiger partial charge is 0.324 e. The second-order valence-corrected chi connectivity index (χ2v) is 7.99. The first-order chi connectivity index (χ1) is 14.3. The van der Waals surface area contributed by atoms with Crippen molar-refractivity contribution in [1.82, 2.24) is 9.13 Å². The lowest BCUT2D eigenvalue weighted by atomic mass is 10.2. The second kappa shape index (κ2) is 7.89. The van der Waals surface area contributed by atoms with Crippen molar-refractivity contribution in [3.63, 3.8) is 0 Å². The molecule has 0 saturated heterocycles. The fourth-order valence-corrected chi connectivity index (χ4v) is 4.16. The Balaban J connectivity index is 1.81. The summed E-state index contributed by atoms with van der Waals surface area (Å²) in [5.41, 5.74) is 0.204. The van der Waals surface area contributed by atoms with Gasteiger partial charge in [0, 0.05) is 10.7 Å². The van der Waals surface area contributed by atoms with Crippen molar-refractivity contribution < 1.29 is 9.18 Å². The molecule has 1 amide bonds. The number of halogens is 2. The molecule has 0 aliphatic carbocycles. The maximum Gasteiger partial charge on any atom is 0.336 e. The molecule has 0 atom stereocenters. The van der Waals surface area contributed by atoms with Crippen LogP contribution in [0.1, 0.15) is 5.56 Å². The minimum absolute atomic E-state index is 0.239. The number of carbonyl (C=O) groups excluding carboxylic acids is 1. The number of thiophene rings is 1. The highest BCUT2D eigenvalue weighted by atomic mass is 35.5. The predicted molar refractivity (Wildman–Crippen MR) is 116 cm³/mol. The first kappa shape index (κ1) is 20.1. The van der Waals surface area contributed by atoms with E-state index in [1.54, 1.807) is 42.6 Å². The van der Waals surface area contributed by atoms with Crippen molar-refractivity contribution in [2.24, 2.45) is 0 Å². The number of rotatable bonds is 4. The van der Waals surface area contributed by atoms with E-state index in [2.05, 4.69) is 5.32 Å². The quantitative estimate of drug-likeness (QED) is 0.519. The molecule has 0 fully saturated rings. The van der Waals surface area contributed by atoms with Crippen LogP contribution < -0.4 is 16.6 Å². The van der Waals surface area contributed by atoms with Gasteiger partial charge in [-0.3, -0.25) is 14.2 Å². The van der Waals surface area contributed by atoms with Crippen molar-refractivity contribution in [3.05, 3.63) is 91.2 Å². The number of nitrogens with zero attached hydrogens (tertiary/aromatic N) is 2. The summed E-state index contributed by atoms with van der Waals surface area (Å²) in [6.07, 6.45) is 0. The first-order valence-electron chi connectivity index (χ1n) is 8.90. The molecule has 2 heterocycles. The summed E-state index contributed by atoms with van der Waals surface area (Å²) >= 11 is 7.11. The number of aromatic nitrogens is 2. The van der Waals surface area contributed by atoms with Crippen LogP contribution in [-0.2, 0) is 11.3 Å². The van der Waals surface area contributed by atoms with Crippen LogP contribution in [0.15, 0.2) is 63.5 Å². The van der Waals surface area contributed by atoms with Gasteiger partial charge < -0.3 is 5.32 Å². The Morgan fingerprint density at radius 3 is 2.70 bits per heavy atom.